The minimum Gasteiger partial charge on any atom is -0.477 e. The molecule has 98 valence electrons. The van der Waals surface area contributed by atoms with Crippen molar-refractivity contribution in [3.8, 4) is 0 Å². The van der Waals surface area contributed by atoms with Gasteiger partial charge < -0.3 is 10.4 Å². The number of nitrogens with one attached hydrogen (secondary N) is 1. The second-order valence-corrected chi connectivity index (χ2v) is 5.07. The molecule has 2 aromatic rings. The number of carbonyl (C=O) groups is 2. The van der Waals surface area contributed by atoms with Crippen molar-refractivity contribution in [2.24, 2.45) is 0 Å². The summed E-state index contributed by atoms with van der Waals surface area (Å²) in [6.07, 6.45) is 1.62. The Kier molecular flexibility index (Phi) is 3.62. The van der Waals surface area contributed by atoms with E-state index in [0.717, 1.165) is 11.3 Å². The van der Waals surface area contributed by atoms with Gasteiger partial charge in [-0.15, -0.1) is 11.3 Å². The third-order valence-corrected chi connectivity index (χ3v) is 3.74. The van der Waals surface area contributed by atoms with Crippen molar-refractivity contribution >= 4 is 28.2 Å². The van der Waals surface area contributed by atoms with Gasteiger partial charge in [0.05, 0.1) is 10.6 Å². The van der Waals surface area contributed by atoms with Gasteiger partial charge in [-0.1, -0.05) is 0 Å². The number of carbonyl (C=O) groups excluding carboxylic acids is 1. The van der Waals surface area contributed by atoms with Crippen LogP contribution in [-0.4, -0.2) is 22.0 Å². The van der Waals surface area contributed by atoms with Crippen molar-refractivity contribution in [3.05, 3.63) is 46.1 Å². The molecule has 0 bridgehead atoms. The Hall–Kier alpha value is -2.21. The highest BCUT2D eigenvalue weighted by atomic mass is 32.1. The van der Waals surface area contributed by atoms with Crippen molar-refractivity contribution in [2.45, 2.75) is 13.8 Å². The van der Waals surface area contributed by atoms with Crippen LogP contribution in [0.2, 0.25) is 0 Å². The van der Waals surface area contributed by atoms with Crippen molar-refractivity contribution in [2.75, 3.05) is 5.32 Å². The molecule has 0 aliphatic carbocycles. The molecule has 0 saturated carbocycles. The molecule has 6 heteroatoms. The molecule has 0 spiro atoms. The number of anilines is 1. The van der Waals surface area contributed by atoms with Gasteiger partial charge in [0.25, 0.3) is 5.91 Å². The molecular weight excluding hydrogens is 264 g/mol. The van der Waals surface area contributed by atoms with Gasteiger partial charge in [-0.2, -0.15) is 0 Å². The van der Waals surface area contributed by atoms with E-state index in [1.54, 1.807) is 38.2 Å². The van der Waals surface area contributed by atoms with Crippen LogP contribution in [0.4, 0.5) is 5.00 Å². The average Bonchev–Trinajstić information content (AvgIpc) is 2.70. The standard InChI is InChI=1S/C13H12N2O3S/c1-7-6-10(19-11(7)13(17)18)15-12(16)9-4-3-5-14-8(9)2/h3-6H,1-2H3,(H,15,16)(H,17,18). The normalized spacial score (nSPS) is 10.2. The molecule has 5 nitrogen and oxygen atoms in total. The maximum Gasteiger partial charge on any atom is 0.346 e. The number of hydrogen-bond acceptors (Lipinski definition) is 4. The van der Waals surface area contributed by atoms with E-state index >= 15 is 0 Å². The van der Waals surface area contributed by atoms with E-state index in [2.05, 4.69) is 10.3 Å². The second kappa shape index (κ2) is 5.19. The minimum absolute atomic E-state index is 0.234. The Bertz CT molecular complexity index is 649. The molecular formula is C13H12N2O3S. The number of thiophene rings is 1. The number of rotatable bonds is 3. The van der Waals surface area contributed by atoms with Gasteiger partial charge in [0, 0.05) is 11.9 Å². The van der Waals surface area contributed by atoms with Crippen LogP contribution in [-0.2, 0) is 0 Å². The Morgan fingerprint density at radius 1 is 1.37 bits per heavy atom. The number of aromatic nitrogens is 1. The summed E-state index contributed by atoms with van der Waals surface area (Å²) in [6, 6.07) is 5.01. The number of pyridine rings is 1. The van der Waals surface area contributed by atoms with E-state index in [4.69, 9.17) is 5.11 Å². The minimum atomic E-state index is -0.986. The highest BCUT2D eigenvalue weighted by molar-refractivity contribution is 7.18. The van der Waals surface area contributed by atoms with Crippen molar-refractivity contribution in [1.29, 1.82) is 0 Å². The average molecular weight is 276 g/mol. The summed E-state index contributed by atoms with van der Waals surface area (Å²) in [7, 11) is 0. The number of hydrogen-bond donors (Lipinski definition) is 2. The van der Waals surface area contributed by atoms with Crippen LogP contribution in [0.5, 0.6) is 0 Å². The quantitative estimate of drug-likeness (QED) is 0.903. The first-order valence-corrected chi connectivity index (χ1v) is 6.37. The SMILES string of the molecule is Cc1cc(NC(=O)c2cccnc2C)sc1C(=O)O. The highest BCUT2D eigenvalue weighted by Gasteiger charge is 2.15. The van der Waals surface area contributed by atoms with Crippen molar-refractivity contribution in [3.63, 3.8) is 0 Å². The van der Waals surface area contributed by atoms with Crippen LogP contribution in [0.25, 0.3) is 0 Å². The van der Waals surface area contributed by atoms with E-state index in [0.29, 0.717) is 21.8 Å². The number of carboxylic acid groups (broad SMARTS) is 1. The number of aryl methyl sites for hydroxylation is 2. The summed E-state index contributed by atoms with van der Waals surface area (Å²) in [5.41, 5.74) is 1.74. The van der Waals surface area contributed by atoms with Gasteiger partial charge in [-0.3, -0.25) is 9.78 Å². The molecule has 2 aromatic heterocycles. The molecule has 0 radical (unpaired) electrons. The maximum atomic E-state index is 12.0. The Morgan fingerprint density at radius 2 is 2.11 bits per heavy atom. The summed E-state index contributed by atoms with van der Waals surface area (Å²) < 4.78 is 0. The molecule has 19 heavy (non-hydrogen) atoms. The topological polar surface area (TPSA) is 79.3 Å². The first kappa shape index (κ1) is 13.2. The van der Waals surface area contributed by atoms with E-state index in [9.17, 15) is 9.59 Å². The van der Waals surface area contributed by atoms with Crippen LogP contribution in [0, 0.1) is 13.8 Å². The lowest BCUT2D eigenvalue weighted by atomic mass is 10.2. The zero-order chi connectivity index (χ0) is 14.0. The lowest BCUT2D eigenvalue weighted by Gasteiger charge is -2.04. The zero-order valence-electron chi connectivity index (χ0n) is 10.4. The van der Waals surface area contributed by atoms with Gasteiger partial charge in [-0.05, 0) is 37.6 Å². The second-order valence-electron chi connectivity index (χ2n) is 4.02. The summed E-state index contributed by atoms with van der Waals surface area (Å²) in [5.74, 6) is -1.27. The largest absolute Gasteiger partial charge is 0.477 e. The van der Waals surface area contributed by atoms with E-state index < -0.39 is 5.97 Å². The smallest absolute Gasteiger partial charge is 0.346 e. The zero-order valence-corrected chi connectivity index (χ0v) is 11.2. The lowest BCUT2D eigenvalue weighted by molar-refractivity contribution is 0.0701. The fourth-order valence-electron chi connectivity index (χ4n) is 1.66. The van der Waals surface area contributed by atoms with Gasteiger partial charge in [0.15, 0.2) is 0 Å². The molecule has 0 saturated heterocycles. The van der Waals surface area contributed by atoms with Gasteiger partial charge in [0.2, 0.25) is 0 Å². The first-order valence-electron chi connectivity index (χ1n) is 5.55. The fraction of sp³-hybridized carbons (Fsp3) is 0.154. The molecule has 0 aliphatic rings. The Morgan fingerprint density at radius 3 is 2.68 bits per heavy atom. The third kappa shape index (κ3) is 2.79. The molecule has 0 unspecified atom stereocenters. The Labute approximate surface area is 113 Å². The monoisotopic (exact) mass is 276 g/mol. The third-order valence-electron chi connectivity index (χ3n) is 2.60. The van der Waals surface area contributed by atoms with Crippen LogP contribution in [0.3, 0.4) is 0 Å². The highest BCUT2D eigenvalue weighted by Crippen LogP contribution is 2.27. The maximum absolute atomic E-state index is 12.0. The predicted octanol–water partition coefficient (Wildman–Crippen LogP) is 2.71. The number of nitrogens with zero attached hydrogens (tertiary/aromatic N) is 1. The molecule has 2 N–H and O–H groups in total. The number of carboxylic acids is 1. The first-order chi connectivity index (χ1) is 8.99. The summed E-state index contributed by atoms with van der Waals surface area (Å²) in [6.45, 7) is 3.45. The Balaban J connectivity index is 2.22. The van der Waals surface area contributed by atoms with E-state index in [-0.39, 0.29) is 10.8 Å². The van der Waals surface area contributed by atoms with E-state index in [1.165, 1.54) is 0 Å². The van der Waals surface area contributed by atoms with Crippen molar-refractivity contribution in [1.82, 2.24) is 4.98 Å². The number of amides is 1. The van der Waals surface area contributed by atoms with Crippen LogP contribution in [0.15, 0.2) is 24.4 Å². The molecule has 0 aromatic carbocycles. The van der Waals surface area contributed by atoms with Gasteiger partial charge in [0.1, 0.15) is 4.88 Å². The predicted molar refractivity (Wildman–Crippen MR) is 72.9 cm³/mol. The van der Waals surface area contributed by atoms with Crippen LogP contribution < -0.4 is 5.32 Å². The molecule has 2 rings (SSSR count). The van der Waals surface area contributed by atoms with Crippen molar-refractivity contribution < 1.29 is 14.7 Å². The molecule has 0 aliphatic heterocycles. The molecule has 0 fully saturated rings. The lowest BCUT2D eigenvalue weighted by Crippen LogP contribution is -2.12. The summed E-state index contributed by atoms with van der Waals surface area (Å²) >= 11 is 1.04. The summed E-state index contributed by atoms with van der Waals surface area (Å²) in [5, 5.41) is 12.2. The van der Waals surface area contributed by atoms with Gasteiger partial charge >= 0.3 is 5.97 Å². The summed E-state index contributed by atoms with van der Waals surface area (Å²) in [4.78, 5) is 27.2. The molecule has 2 heterocycles. The molecule has 1 amide bonds. The number of aromatic carboxylic acids is 1. The van der Waals surface area contributed by atoms with Crippen LogP contribution in [0.1, 0.15) is 31.3 Å². The van der Waals surface area contributed by atoms with Gasteiger partial charge in [-0.25, -0.2) is 4.79 Å². The van der Waals surface area contributed by atoms with Crippen LogP contribution >= 0.6 is 11.3 Å². The molecule has 0 atom stereocenters. The van der Waals surface area contributed by atoms with E-state index in [1.807, 2.05) is 0 Å². The fourth-order valence-corrected chi connectivity index (χ4v) is 2.57.